The largest absolute Gasteiger partial charge is 0.463 e. The summed E-state index contributed by atoms with van der Waals surface area (Å²) in [5, 5.41) is 0. The molecule has 4 nitrogen and oxygen atoms in total. The Kier molecular flexibility index (Phi) is 6.45. The number of hydrogen-bond acceptors (Lipinski definition) is 3. The fourth-order valence-corrected chi connectivity index (χ4v) is 0.863. The first-order chi connectivity index (χ1) is 6.52. The number of primary amides is 1. The van der Waals surface area contributed by atoms with Crippen molar-refractivity contribution in [1.82, 2.24) is 0 Å². The lowest BCUT2D eigenvalue weighted by molar-refractivity contribution is -0.138. The Morgan fingerprint density at radius 1 is 1.36 bits per heavy atom. The third-order valence-corrected chi connectivity index (χ3v) is 1.55. The van der Waals surface area contributed by atoms with Gasteiger partial charge in [0.15, 0.2) is 0 Å². The standard InChI is InChI=1S/C10H17NO3/c1-8(2)4-3-7-14-10(13)6-5-9(11)12/h5-6,8H,3-4,7H2,1-2H3,(H2,11,12)/b6-5-. The maximum absolute atomic E-state index is 10.9. The van der Waals surface area contributed by atoms with Gasteiger partial charge in [-0.05, 0) is 18.8 Å². The van der Waals surface area contributed by atoms with Crippen molar-refractivity contribution in [3.63, 3.8) is 0 Å². The van der Waals surface area contributed by atoms with Gasteiger partial charge in [-0.15, -0.1) is 0 Å². The molecule has 0 aliphatic carbocycles. The van der Waals surface area contributed by atoms with Crippen molar-refractivity contribution in [3.05, 3.63) is 12.2 Å². The van der Waals surface area contributed by atoms with Crippen LogP contribution in [0.5, 0.6) is 0 Å². The van der Waals surface area contributed by atoms with E-state index < -0.39 is 11.9 Å². The second-order valence-electron chi connectivity index (χ2n) is 3.44. The lowest BCUT2D eigenvalue weighted by Crippen LogP contribution is -2.08. The SMILES string of the molecule is CC(C)CCCOC(=O)/C=C\C(N)=O. The van der Waals surface area contributed by atoms with Crippen LogP contribution in [-0.4, -0.2) is 18.5 Å². The summed E-state index contributed by atoms with van der Waals surface area (Å²) >= 11 is 0. The lowest BCUT2D eigenvalue weighted by Gasteiger charge is -2.03. The van der Waals surface area contributed by atoms with Crippen molar-refractivity contribution < 1.29 is 14.3 Å². The van der Waals surface area contributed by atoms with Gasteiger partial charge in [-0.2, -0.15) is 0 Å². The summed E-state index contributed by atoms with van der Waals surface area (Å²) in [6.45, 7) is 4.60. The number of nitrogens with two attached hydrogens (primary N) is 1. The van der Waals surface area contributed by atoms with E-state index in [0.717, 1.165) is 25.0 Å². The van der Waals surface area contributed by atoms with Gasteiger partial charge in [0.1, 0.15) is 0 Å². The van der Waals surface area contributed by atoms with Crippen LogP contribution in [0.25, 0.3) is 0 Å². The Labute approximate surface area is 84.1 Å². The van der Waals surface area contributed by atoms with Gasteiger partial charge in [0.05, 0.1) is 6.61 Å². The van der Waals surface area contributed by atoms with Crippen molar-refractivity contribution in [1.29, 1.82) is 0 Å². The van der Waals surface area contributed by atoms with Crippen LogP contribution < -0.4 is 5.73 Å². The van der Waals surface area contributed by atoms with Crippen LogP contribution in [0.15, 0.2) is 12.2 Å². The van der Waals surface area contributed by atoms with Crippen LogP contribution in [0.4, 0.5) is 0 Å². The summed E-state index contributed by atoms with van der Waals surface area (Å²) in [5.41, 5.74) is 4.80. The molecular weight excluding hydrogens is 182 g/mol. The third kappa shape index (κ3) is 8.77. The summed E-state index contributed by atoms with van der Waals surface area (Å²) in [4.78, 5) is 21.1. The first-order valence-electron chi connectivity index (χ1n) is 4.66. The Morgan fingerprint density at radius 3 is 2.50 bits per heavy atom. The second-order valence-corrected chi connectivity index (χ2v) is 3.44. The fraction of sp³-hybridized carbons (Fsp3) is 0.600. The number of rotatable bonds is 6. The molecule has 0 aliphatic heterocycles. The van der Waals surface area contributed by atoms with E-state index in [9.17, 15) is 9.59 Å². The van der Waals surface area contributed by atoms with E-state index in [1.165, 1.54) is 0 Å². The zero-order valence-electron chi connectivity index (χ0n) is 8.66. The van der Waals surface area contributed by atoms with Gasteiger partial charge in [0, 0.05) is 12.2 Å². The average Bonchev–Trinajstić information content (AvgIpc) is 2.08. The Balaban J connectivity index is 3.50. The fourth-order valence-electron chi connectivity index (χ4n) is 0.863. The molecule has 0 saturated heterocycles. The third-order valence-electron chi connectivity index (χ3n) is 1.55. The molecule has 2 N–H and O–H groups in total. The molecule has 1 amide bonds. The summed E-state index contributed by atoms with van der Waals surface area (Å²) in [6, 6.07) is 0. The highest BCUT2D eigenvalue weighted by atomic mass is 16.5. The highest BCUT2D eigenvalue weighted by molar-refractivity contribution is 5.93. The molecule has 0 bridgehead atoms. The topological polar surface area (TPSA) is 69.4 Å². The number of carbonyl (C=O) groups is 2. The number of ether oxygens (including phenoxy) is 1. The first kappa shape index (κ1) is 12.7. The molecule has 0 aliphatic rings. The van der Waals surface area contributed by atoms with Gasteiger partial charge in [0.25, 0.3) is 0 Å². The van der Waals surface area contributed by atoms with Crippen molar-refractivity contribution in [3.8, 4) is 0 Å². The first-order valence-corrected chi connectivity index (χ1v) is 4.66. The van der Waals surface area contributed by atoms with Crippen LogP contribution in [0.1, 0.15) is 26.7 Å². The zero-order chi connectivity index (χ0) is 11.0. The molecule has 0 atom stereocenters. The Bertz CT molecular complexity index is 221. The van der Waals surface area contributed by atoms with Crippen LogP contribution >= 0.6 is 0 Å². The van der Waals surface area contributed by atoms with Gasteiger partial charge in [-0.1, -0.05) is 13.8 Å². The van der Waals surface area contributed by atoms with Gasteiger partial charge in [-0.3, -0.25) is 4.79 Å². The number of hydrogen-bond donors (Lipinski definition) is 1. The summed E-state index contributed by atoms with van der Waals surface area (Å²) in [5.74, 6) is -0.563. The Morgan fingerprint density at radius 2 is 2.00 bits per heavy atom. The summed E-state index contributed by atoms with van der Waals surface area (Å²) in [7, 11) is 0. The van der Waals surface area contributed by atoms with E-state index in [2.05, 4.69) is 13.8 Å². The monoisotopic (exact) mass is 199 g/mol. The summed E-state index contributed by atoms with van der Waals surface area (Å²) < 4.78 is 4.81. The lowest BCUT2D eigenvalue weighted by atomic mass is 10.1. The molecule has 0 aromatic rings. The molecule has 0 heterocycles. The molecule has 0 saturated carbocycles. The maximum Gasteiger partial charge on any atom is 0.330 e. The number of esters is 1. The molecule has 0 rings (SSSR count). The molecule has 14 heavy (non-hydrogen) atoms. The van der Waals surface area contributed by atoms with Crippen molar-refractivity contribution in [2.75, 3.05) is 6.61 Å². The van der Waals surface area contributed by atoms with Crippen molar-refractivity contribution in [2.45, 2.75) is 26.7 Å². The minimum atomic E-state index is -0.649. The van der Waals surface area contributed by atoms with E-state index >= 15 is 0 Å². The van der Waals surface area contributed by atoms with Gasteiger partial charge in [-0.25, -0.2) is 4.79 Å². The summed E-state index contributed by atoms with van der Waals surface area (Å²) in [6.07, 6.45) is 3.89. The molecule has 0 aromatic heterocycles. The van der Waals surface area contributed by atoms with Crippen LogP contribution in [-0.2, 0) is 14.3 Å². The van der Waals surface area contributed by atoms with E-state index in [0.29, 0.717) is 12.5 Å². The molecule has 0 radical (unpaired) electrons. The smallest absolute Gasteiger partial charge is 0.330 e. The molecule has 80 valence electrons. The average molecular weight is 199 g/mol. The molecule has 0 fully saturated rings. The van der Waals surface area contributed by atoms with E-state index in [1.54, 1.807) is 0 Å². The zero-order valence-corrected chi connectivity index (χ0v) is 8.66. The number of carbonyl (C=O) groups excluding carboxylic acids is 2. The van der Waals surface area contributed by atoms with Crippen molar-refractivity contribution in [2.24, 2.45) is 11.7 Å². The quantitative estimate of drug-likeness (QED) is 0.394. The van der Waals surface area contributed by atoms with Gasteiger partial charge < -0.3 is 10.5 Å². The van der Waals surface area contributed by atoms with E-state index in [4.69, 9.17) is 10.5 Å². The predicted octanol–water partition coefficient (Wildman–Crippen LogP) is 1.01. The van der Waals surface area contributed by atoms with Crippen LogP contribution in [0.2, 0.25) is 0 Å². The van der Waals surface area contributed by atoms with E-state index in [-0.39, 0.29) is 0 Å². The second kappa shape index (κ2) is 7.12. The predicted molar refractivity (Wildman–Crippen MR) is 53.4 cm³/mol. The minimum absolute atomic E-state index is 0.389. The molecule has 0 unspecified atom stereocenters. The molecular formula is C10H17NO3. The van der Waals surface area contributed by atoms with Crippen LogP contribution in [0, 0.1) is 5.92 Å². The normalized spacial score (nSPS) is 10.8. The van der Waals surface area contributed by atoms with Gasteiger partial charge >= 0.3 is 5.97 Å². The van der Waals surface area contributed by atoms with Crippen LogP contribution in [0.3, 0.4) is 0 Å². The molecule has 0 spiro atoms. The molecule has 4 heteroatoms. The maximum atomic E-state index is 10.9. The highest BCUT2D eigenvalue weighted by Gasteiger charge is 1.98. The van der Waals surface area contributed by atoms with E-state index in [1.807, 2.05) is 0 Å². The van der Waals surface area contributed by atoms with Crippen molar-refractivity contribution >= 4 is 11.9 Å². The Hall–Kier alpha value is -1.32. The molecule has 0 aromatic carbocycles. The number of amides is 1. The van der Waals surface area contributed by atoms with Gasteiger partial charge in [0.2, 0.25) is 5.91 Å². The highest BCUT2D eigenvalue weighted by Crippen LogP contribution is 2.03. The minimum Gasteiger partial charge on any atom is -0.463 e.